The number of hydrogen-bond donors (Lipinski definition) is 1. The molecule has 0 amide bonds. The second-order valence-corrected chi connectivity index (χ2v) is 6.93. The highest BCUT2D eigenvalue weighted by molar-refractivity contribution is 5.83. The molecule has 0 saturated carbocycles. The standard InChI is InChI=1S/C25H18F3NO2/c1-31-20-12-10-16(11-13-20)22-15-21(18-8-5-9-19(14-18)25(26,27)28)24(30)23(29-22)17-6-3-2-4-7-17/h2-15,30H,1H3. The average molecular weight is 421 g/mol. The van der Waals surface area contributed by atoms with Gasteiger partial charge >= 0.3 is 6.18 Å². The normalized spacial score (nSPS) is 11.4. The molecular weight excluding hydrogens is 403 g/mol. The zero-order valence-electron chi connectivity index (χ0n) is 16.5. The van der Waals surface area contributed by atoms with Crippen molar-refractivity contribution < 1.29 is 23.0 Å². The third-order valence-electron chi connectivity index (χ3n) is 4.93. The number of ether oxygens (including phenoxy) is 1. The number of alkyl halides is 3. The smallest absolute Gasteiger partial charge is 0.416 e. The predicted octanol–water partition coefficient (Wildman–Crippen LogP) is 6.82. The van der Waals surface area contributed by atoms with E-state index in [1.165, 1.54) is 12.1 Å². The van der Waals surface area contributed by atoms with Gasteiger partial charge in [0, 0.05) is 16.7 Å². The molecule has 4 aromatic rings. The minimum Gasteiger partial charge on any atom is -0.505 e. The van der Waals surface area contributed by atoms with Gasteiger partial charge in [0.25, 0.3) is 0 Å². The minimum absolute atomic E-state index is 0.178. The number of pyridine rings is 1. The van der Waals surface area contributed by atoms with Crippen LogP contribution in [0.5, 0.6) is 11.5 Å². The van der Waals surface area contributed by atoms with Gasteiger partial charge in [0.15, 0.2) is 0 Å². The van der Waals surface area contributed by atoms with Crippen LogP contribution in [0.15, 0.2) is 84.9 Å². The lowest BCUT2D eigenvalue weighted by Crippen LogP contribution is -2.04. The van der Waals surface area contributed by atoms with Crippen molar-refractivity contribution in [3.05, 3.63) is 90.5 Å². The topological polar surface area (TPSA) is 42.4 Å². The number of halogens is 3. The van der Waals surface area contributed by atoms with E-state index in [1.807, 2.05) is 18.2 Å². The quantitative estimate of drug-likeness (QED) is 0.393. The highest BCUT2D eigenvalue weighted by Gasteiger charge is 2.30. The molecule has 0 saturated heterocycles. The maximum absolute atomic E-state index is 13.3. The fourth-order valence-electron chi connectivity index (χ4n) is 3.33. The summed E-state index contributed by atoms with van der Waals surface area (Å²) in [7, 11) is 1.56. The molecule has 6 heteroatoms. The highest BCUT2D eigenvalue weighted by Crippen LogP contribution is 2.41. The molecule has 0 fully saturated rings. The molecule has 1 N–H and O–H groups in total. The molecule has 31 heavy (non-hydrogen) atoms. The maximum Gasteiger partial charge on any atom is 0.416 e. The van der Waals surface area contributed by atoms with Crippen molar-refractivity contribution in [1.29, 1.82) is 0 Å². The fraction of sp³-hybridized carbons (Fsp3) is 0.0800. The molecule has 0 atom stereocenters. The summed E-state index contributed by atoms with van der Waals surface area (Å²) in [4.78, 5) is 4.61. The Labute approximate surface area is 177 Å². The van der Waals surface area contributed by atoms with Crippen molar-refractivity contribution in [2.75, 3.05) is 7.11 Å². The van der Waals surface area contributed by atoms with Crippen LogP contribution < -0.4 is 4.74 Å². The molecule has 0 aliphatic rings. The Bertz CT molecular complexity index is 1200. The molecule has 3 aromatic carbocycles. The van der Waals surface area contributed by atoms with Crippen LogP contribution in [-0.2, 0) is 6.18 Å². The number of aromatic hydroxyl groups is 1. The number of aromatic nitrogens is 1. The van der Waals surface area contributed by atoms with Gasteiger partial charge in [0.1, 0.15) is 17.2 Å². The van der Waals surface area contributed by atoms with Gasteiger partial charge in [-0.15, -0.1) is 0 Å². The van der Waals surface area contributed by atoms with Gasteiger partial charge in [-0.2, -0.15) is 13.2 Å². The molecule has 3 nitrogen and oxygen atoms in total. The van der Waals surface area contributed by atoms with Gasteiger partial charge in [0.2, 0.25) is 0 Å². The van der Waals surface area contributed by atoms with Gasteiger partial charge in [-0.25, -0.2) is 4.98 Å². The lowest BCUT2D eigenvalue weighted by molar-refractivity contribution is -0.137. The molecule has 0 unspecified atom stereocenters. The molecule has 0 spiro atoms. The minimum atomic E-state index is -4.49. The average Bonchev–Trinajstić information content (AvgIpc) is 2.79. The fourth-order valence-corrected chi connectivity index (χ4v) is 3.33. The van der Waals surface area contributed by atoms with E-state index in [0.29, 0.717) is 22.7 Å². The van der Waals surface area contributed by atoms with Crippen LogP contribution in [0, 0.1) is 0 Å². The summed E-state index contributed by atoms with van der Waals surface area (Å²) >= 11 is 0. The lowest BCUT2D eigenvalue weighted by Gasteiger charge is -2.15. The van der Waals surface area contributed by atoms with E-state index in [0.717, 1.165) is 17.7 Å². The van der Waals surface area contributed by atoms with E-state index < -0.39 is 11.7 Å². The van der Waals surface area contributed by atoms with Crippen LogP contribution in [-0.4, -0.2) is 17.2 Å². The van der Waals surface area contributed by atoms with E-state index in [1.54, 1.807) is 49.6 Å². The highest BCUT2D eigenvalue weighted by atomic mass is 19.4. The van der Waals surface area contributed by atoms with E-state index in [4.69, 9.17) is 4.74 Å². The van der Waals surface area contributed by atoms with E-state index in [9.17, 15) is 18.3 Å². The van der Waals surface area contributed by atoms with Crippen LogP contribution in [0.4, 0.5) is 13.2 Å². The summed E-state index contributed by atoms with van der Waals surface area (Å²) in [5, 5.41) is 11.0. The third kappa shape index (κ3) is 4.23. The Morgan fingerprint density at radius 3 is 2.10 bits per heavy atom. The first-order valence-corrected chi connectivity index (χ1v) is 9.48. The van der Waals surface area contributed by atoms with Gasteiger partial charge in [0.05, 0.1) is 18.4 Å². The number of nitrogens with zero attached hydrogens (tertiary/aromatic N) is 1. The van der Waals surface area contributed by atoms with Crippen LogP contribution in [0.3, 0.4) is 0 Å². The Hall–Kier alpha value is -3.80. The lowest BCUT2D eigenvalue weighted by atomic mass is 9.97. The summed E-state index contributed by atoms with van der Waals surface area (Å²) in [6.07, 6.45) is -4.49. The SMILES string of the molecule is COc1ccc(-c2cc(-c3cccc(C(F)(F)F)c3)c(O)c(-c3ccccc3)n2)cc1. The first-order chi connectivity index (χ1) is 14.9. The molecule has 0 aliphatic heterocycles. The first kappa shape index (κ1) is 20.5. The molecule has 0 aliphatic carbocycles. The van der Waals surface area contributed by atoms with Gasteiger partial charge in [-0.3, -0.25) is 0 Å². The molecule has 156 valence electrons. The Kier molecular flexibility index (Phi) is 5.38. The van der Waals surface area contributed by atoms with Crippen LogP contribution in [0.2, 0.25) is 0 Å². The number of hydrogen-bond acceptors (Lipinski definition) is 3. The zero-order valence-corrected chi connectivity index (χ0v) is 16.5. The van der Waals surface area contributed by atoms with Gasteiger partial charge < -0.3 is 9.84 Å². The maximum atomic E-state index is 13.3. The van der Waals surface area contributed by atoms with Crippen molar-refractivity contribution in [3.63, 3.8) is 0 Å². The largest absolute Gasteiger partial charge is 0.505 e. The third-order valence-corrected chi connectivity index (χ3v) is 4.93. The Morgan fingerprint density at radius 1 is 0.774 bits per heavy atom. The predicted molar refractivity (Wildman–Crippen MR) is 114 cm³/mol. The summed E-state index contributed by atoms with van der Waals surface area (Å²) < 4.78 is 45.0. The van der Waals surface area contributed by atoms with Crippen LogP contribution in [0.1, 0.15) is 5.56 Å². The molecular formula is C25H18F3NO2. The van der Waals surface area contributed by atoms with Crippen molar-refractivity contribution in [3.8, 4) is 45.1 Å². The summed E-state index contributed by atoms with van der Waals surface area (Å²) in [6, 6.07) is 22.7. The first-order valence-electron chi connectivity index (χ1n) is 9.48. The summed E-state index contributed by atoms with van der Waals surface area (Å²) in [5.74, 6) is 0.492. The van der Waals surface area contributed by atoms with E-state index >= 15 is 0 Å². The van der Waals surface area contributed by atoms with Gasteiger partial charge in [-0.1, -0.05) is 42.5 Å². The number of benzene rings is 3. The van der Waals surface area contributed by atoms with Crippen LogP contribution in [0.25, 0.3) is 33.6 Å². The molecule has 4 rings (SSSR count). The summed E-state index contributed by atoms with van der Waals surface area (Å²) in [5.41, 5.74) is 1.95. The second-order valence-electron chi connectivity index (χ2n) is 6.93. The van der Waals surface area contributed by atoms with E-state index in [2.05, 4.69) is 4.98 Å². The Morgan fingerprint density at radius 2 is 1.45 bits per heavy atom. The summed E-state index contributed by atoms with van der Waals surface area (Å²) in [6.45, 7) is 0. The van der Waals surface area contributed by atoms with Crippen LogP contribution >= 0.6 is 0 Å². The van der Waals surface area contributed by atoms with E-state index in [-0.39, 0.29) is 16.9 Å². The molecule has 1 heterocycles. The van der Waals surface area contributed by atoms with Crippen molar-refractivity contribution in [2.24, 2.45) is 0 Å². The van der Waals surface area contributed by atoms with Gasteiger partial charge in [-0.05, 0) is 48.0 Å². The second kappa shape index (κ2) is 8.14. The molecule has 0 bridgehead atoms. The molecule has 1 aromatic heterocycles. The Balaban J connectivity index is 1.94. The number of methoxy groups -OCH3 is 1. The monoisotopic (exact) mass is 421 g/mol. The number of rotatable bonds is 4. The van der Waals surface area contributed by atoms with Crippen molar-refractivity contribution in [1.82, 2.24) is 4.98 Å². The molecule has 0 radical (unpaired) electrons. The van der Waals surface area contributed by atoms with Crippen molar-refractivity contribution in [2.45, 2.75) is 6.18 Å². The van der Waals surface area contributed by atoms with Crippen molar-refractivity contribution >= 4 is 0 Å². The zero-order chi connectivity index (χ0) is 22.0.